The van der Waals surface area contributed by atoms with E-state index in [2.05, 4.69) is 40.0 Å². The van der Waals surface area contributed by atoms with E-state index in [1.807, 2.05) is 18.3 Å². The third-order valence-corrected chi connectivity index (χ3v) is 4.94. The van der Waals surface area contributed by atoms with Crippen LogP contribution in [0.15, 0.2) is 29.4 Å². The Morgan fingerprint density at radius 3 is 2.83 bits per heavy atom. The van der Waals surface area contributed by atoms with Crippen molar-refractivity contribution in [2.75, 3.05) is 70.6 Å². The summed E-state index contributed by atoms with van der Waals surface area (Å²) in [6.45, 7) is 12.0. The topological polar surface area (TPSA) is 71.5 Å². The van der Waals surface area contributed by atoms with Crippen molar-refractivity contribution >= 4 is 11.8 Å². The maximum absolute atomic E-state index is 5.75. The van der Waals surface area contributed by atoms with Gasteiger partial charge in [0, 0.05) is 45.5 Å². The van der Waals surface area contributed by atoms with Crippen molar-refractivity contribution < 1.29 is 14.2 Å². The summed E-state index contributed by atoms with van der Waals surface area (Å²) < 4.78 is 16.9. The molecular formula is C21H35N5O3. The second-order valence-corrected chi connectivity index (χ2v) is 7.59. The van der Waals surface area contributed by atoms with Gasteiger partial charge in [-0.1, -0.05) is 6.07 Å². The molecule has 3 heterocycles. The van der Waals surface area contributed by atoms with Crippen molar-refractivity contribution in [3.05, 3.63) is 24.4 Å². The maximum Gasteiger partial charge on any atom is 0.194 e. The number of hydrogen-bond acceptors (Lipinski definition) is 6. The second kappa shape index (κ2) is 11.9. The summed E-state index contributed by atoms with van der Waals surface area (Å²) in [7, 11) is 0. The van der Waals surface area contributed by atoms with Crippen LogP contribution in [0.5, 0.6) is 0 Å². The molecule has 0 amide bonds. The number of nitrogens with zero attached hydrogens (tertiary/aromatic N) is 4. The minimum absolute atomic E-state index is 0.0413. The van der Waals surface area contributed by atoms with Gasteiger partial charge in [-0.25, -0.2) is 4.98 Å². The van der Waals surface area contributed by atoms with Crippen LogP contribution >= 0.6 is 0 Å². The van der Waals surface area contributed by atoms with Crippen LogP contribution in [-0.2, 0) is 14.2 Å². The van der Waals surface area contributed by atoms with E-state index in [0.29, 0.717) is 26.4 Å². The number of guanidine groups is 1. The molecule has 8 nitrogen and oxygen atoms in total. The lowest BCUT2D eigenvalue weighted by molar-refractivity contribution is -0.0833. The smallest absolute Gasteiger partial charge is 0.194 e. The highest BCUT2D eigenvalue weighted by atomic mass is 16.6. The highest BCUT2D eigenvalue weighted by Crippen LogP contribution is 2.13. The third kappa shape index (κ3) is 7.45. The summed E-state index contributed by atoms with van der Waals surface area (Å²) in [5, 5.41) is 3.52. The minimum Gasteiger partial charge on any atom is -0.379 e. The first kappa shape index (κ1) is 21.8. The van der Waals surface area contributed by atoms with E-state index in [4.69, 9.17) is 19.2 Å². The summed E-state index contributed by atoms with van der Waals surface area (Å²) >= 11 is 0. The number of aliphatic imine (C=N–C) groups is 1. The predicted octanol–water partition coefficient (Wildman–Crippen LogP) is 1.38. The lowest BCUT2D eigenvalue weighted by Gasteiger charge is -2.37. The fourth-order valence-corrected chi connectivity index (χ4v) is 3.38. The normalized spacial score (nSPS) is 20.9. The molecule has 2 saturated heterocycles. The van der Waals surface area contributed by atoms with Gasteiger partial charge in [-0.15, -0.1) is 0 Å². The Morgan fingerprint density at radius 1 is 1.28 bits per heavy atom. The zero-order valence-corrected chi connectivity index (χ0v) is 17.8. The molecule has 8 heteroatoms. The molecule has 0 spiro atoms. The van der Waals surface area contributed by atoms with Crippen LogP contribution in [0.2, 0.25) is 0 Å². The first-order valence-electron chi connectivity index (χ1n) is 10.7. The molecule has 29 heavy (non-hydrogen) atoms. The van der Waals surface area contributed by atoms with Gasteiger partial charge in [-0.05, 0) is 32.4 Å². The van der Waals surface area contributed by atoms with Gasteiger partial charge < -0.3 is 29.3 Å². The van der Waals surface area contributed by atoms with Gasteiger partial charge in [-0.2, -0.15) is 0 Å². The quantitative estimate of drug-likeness (QED) is 0.398. The predicted molar refractivity (Wildman–Crippen MR) is 115 cm³/mol. The lowest BCUT2D eigenvalue weighted by atomic mass is 10.3. The number of piperazine rings is 1. The van der Waals surface area contributed by atoms with E-state index in [0.717, 1.165) is 57.5 Å². The number of ether oxygens (including phenoxy) is 3. The Balaban J connectivity index is 1.52. The van der Waals surface area contributed by atoms with Crippen LogP contribution < -0.4 is 10.2 Å². The van der Waals surface area contributed by atoms with Crippen molar-refractivity contribution in [2.45, 2.75) is 32.5 Å². The summed E-state index contributed by atoms with van der Waals surface area (Å²) in [6.07, 6.45) is 3.11. The molecule has 3 rings (SSSR count). The monoisotopic (exact) mass is 405 g/mol. The van der Waals surface area contributed by atoms with Crippen LogP contribution in [0.1, 0.15) is 20.3 Å². The number of pyridine rings is 1. The average molecular weight is 406 g/mol. The largest absolute Gasteiger partial charge is 0.379 e. The van der Waals surface area contributed by atoms with Crippen molar-refractivity contribution in [1.29, 1.82) is 0 Å². The zero-order chi connectivity index (χ0) is 20.3. The zero-order valence-electron chi connectivity index (χ0n) is 17.8. The summed E-state index contributed by atoms with van der Waals surface area (Å²) in [5.74, 6) is 1.99. The van der Waals surface area contributed by atoms with E-state index in [-0.39, 0.29) is 12.2 Å². The number of rotatable bonds is 8. The van der Waals surface area contributed by atoms with Gasteiger partial charge in [0.05, 0.1) is 32.5 Å². The molecule has 2 aliphatic rings. The van der Waals surface area contributed by atoms with Gasteiger partial charge in [0.15, 0.2) is 5.96 Å². The fourth-order valence-electron chi connectivity index (χ4n) is 3.38. The Bertz CT molecular complexity index is 600. The van der Waals surface area contributed by atoms with Crippen LogP contribution in [0.4, 0.5) is 5.82 Å². The Kier molecular flexibility index (Phi) is 8.98. The molecule has 1 N–H and O–H groups in total. The summed E-state index contributed by atoms with van der Waals surface area (Å²) in [6, 6.07) is 6.06. The fraction of sp³-hybridized carbons (Fsp3) is 0.714. The Morgan fingerprint density at radius 2 is 2.14 bits per heavy atom. The van der Waals surface area contributed by atoms with E-state index < -0.39 is 0 Å². The molecule has 0 aromatic carbocycles. The van der Waals surface area contributed by atoms with Crippen molar-refractivity contribution in [3.63, 3.8) is 0 Å². The van der Waals surface area contributed by atoms with Crippen LogP contribution in [0.3, 0.4) is 0 Å². The van der Waals surface area contributed by atoms with E-state index in [9.17, 15) is 0 Å². The standard InChI is InChI=1S/C21H35N5O3/c1-18(2)28-13-5-8-23-21(24-16-19-17-27-14-15-29-19)26-11-9-25(10-12-26)20-6-3-4-7-22-20/h3-4,6-7,18-19H,5,8-17H2,1-2H3,(H,23,24). The number of aromatic nitrogens is 1. The van der Waals surface area contributed by atoms with Crippen molar-refractivity contribution in [3.8, 4) is 0 Å². The van der Waals surface area contributed by atoms with Crippen molar-refractivity contribution in [1.82, 2.24) is 15.2 Å². The average Bonchev–Trinajstić information content (AvgIpc) is 2.77. The van der Waals surface area contributed by atoms with E-state index in [1.165, 1.54) is 0 Å². The Labute approximate surface area is 174 Å². The molecule has 1 aromatic heterocycles. The molecule has 2 fully saturated rings. The highest BCUT2D eigenvalue weighted by molar-refractivity contribution is 5.80. The first-order chi connectivity index (χ1) is 14.2. The van der Waals surface area contributed by atoms with Gasteiger partial charge in [0.25, 0.3) is 0 Å². The molecule has 1 unspecified atom stereocenters. The maximum atomic E-state index is 5.75. The van der Waals surface area contributed by atoms with Crippen molar-refractivity contribution in [2.24, 2.45) is 4.99 Å². The van der Waals surface area contributed by atoms with E-state index in [1.54, 1.807) is 0 Å². The number of hydrogen-bond donors (Lipinski definition) is 1. The third-order valence-electron chi connectivity index (χ3n) is 4.94. The van der Waals surface area contributed by atoms with Crippen LogP contribution in [0, 0.1) is 0 Å². The van der Waals surface area contributed by atoms with Gasteiger partial charge in [0.2, 0.25) is 0 Å². The molecule has 2 aliphatic heterocycles. The molecule has 0 saturated carbocycles. The summed E-state index contributed by atoms with van der Waals surface area (Å²) in [5.41, 5.74) is 0. The first-order valence-corrected chi connectivity index (χ1v) is 10.7. The molecule has 0 radical (unpaired) electrons. The van der Waals surface area contributed by atoms with Crippen LogP contribution in [0.25, 0.3) is 0 Å². The lowest BCUT2D eigenvalue weighted by Crippen LogP contribution is -2.53. The van der Waals surface area contributed by atoms with Gasteiger partial charge >= 0.3 is 0 Å². The summed E-state index contributed by atoms with van der Waals surface area (Å²) in [4.78, 5) is 14.0. The Hall–Kier alpha value is -1.90. The SMILES string of the molecule is CC(C)OCCCNC(=NCC1COCCO1)N1CCN(c2ccccn2)CC1. The molecule has 1 atom stereocenters. The molecule has 0 bridgehead atoms. The van der Waals surface area contributed by atoms with Gasteiger partial charge in [0.1, 0.15) is 11.9 Å². The minimum atomic E-state index is 0.0413. The molecule has 1 aromatic rings. The number of anilines is 1. The van der Waals surface area contributed by atoms with Gasteiger partial charge in [-0.3, -0.25) is 4.99 Å². The highest BCUT2D eigenvalue weighted by Gasteiger charge is 2.21. The molecule has 162 valence electrons. The molecular weight excluding hydrogens is 370 g/mol. The van der Waals surface area contributed by atoms with Crippen LogP contribution in [-0.4, -0.2) is 93.7 Å². The van der Waals surface area contributed by atoms with E-state index >= 15 is 0 Å². The second-order valence-electron chi connectivity index (χ2n) is 7.59. The molecule has 0 aliphatic carbocycles. The number of nitrogens with one attached hydrogen (secondary N) is 1.